The van der Waals surface area contributed by atoms with E-state index in [0.717, 1.165) is 25.2 Å². The van der Waals surface area contributed by atoms with Crippen LogP contribution in [0.25, 0.3) is 0 Å². The van der Waals surface area contributed by atoms with Crippen molar-refractivity contribution >= 4 is 18.3 Å². The molecule has 0 unspecified atom stereocenters. The molecule has 0 aromatic heterocycles. The van der Waals surface area contributed by atoms with E-state index in [1.807, 2.05) is 39.0 Å². The molecule has 0 bridgehead atoms. The summed E-state index contributed by atoms with van der Waals surface area (Å²) in [7, 11) is 0. The lowest BCUT2D eigenvalue weighted by Crippen LogP contribution is -2.54. The molecule has 2 N–H and O–H groups in total. The first-order chi connectivity index (χ1) is 10.3. The van der Waals surface area contributed by atoms with Crippen molar-refractivity contribution in [1.29, 1.82) is 0 Å². The van der Waals surface area contributed by atoms with Gasteiger partial charge in [0.05, 0.1) is 0 Å². The highest BCUT2D eigenvalue weighted by Gasteiger charge is 2.24. The summed E-state index contributed by atoms with van der Waals surface area (Å²) in [5, 5.41) is 6.47. The predicted molar refractivity (Wildman–Crippen MR) is 98.2 cm³/mol. The van der Waals surface area contributed by atoms with Gasteiger partial charge in [0.25, 0.3) is 5.91 Å². The fraction of sp³-hybridized carbons (Fsp3) is 0.611. The first-order valence-electron chi connectivity index (χ1n) is 8.14. The van der Waals surface area contributed by atoms with Crippen LogP contribution in [0.2, 0.25) is 0 Å². The number of hydrogen-bond donors (Lipinski definition) is 2. The molecule has 1 aliphatic heterocycles. The smallest absolute Gasteiger partial charge is 0.251 e. The van der Waals surface area contributed by atoms with Crippen molar-refractivity contribution in [3.05, 3.63) is 35.4 Å². The number of benzene rings is 1. The molecule has 5 heteroatoms. The van der Waals surface area contributed by atoms with Crippen LogP contribution in [-0.2, 0) is 6.54 Å². The number of piperazine rings is 1. The molecule has 130 valence electrons. The van der Waals surface area contributed by atoms with E-state index in [1.54, 1.807) is 0 Å². The van der Waals surface area contributed by atoms with Gasteiger partial charge in [-0.1, -0.05) is 12.1 Å². The van der Waals surface area contributed by atoms with Crippen LogP contribution in [-0.4, -0.2) is 41.5 Å². The van der Waals surface area contributed by atoms with Crippen molar-refractivity contribution in [1.82, 2.24) is 15.5 Å². The minimum Gasteiger partial charge on any atom is -0.347 e. The number of amides is 1. The van der Waals surface area contributed by atoms with Gasteiger partial charge in [0.1, 0.15) is 0 Å². The Morgan fingerprint density at radius 1 is 1.26 bits per heavy atom. The molecular formula is C18H30ClN3O. The molecular weight excluding hydrogens is 310 g/mol. The maximum atomic E-state index is 12.3. The van der Waals surface area contributed by atoms with Gasteiger partial charge in [-0.25, -0.2) is 0 Å². The van der Waals surface area contributed by atoms with Crippen LogP contribution in [0.1, 0.15) is 50.5 Å². The largest absolute Gasteiger partial charge is 0.347 e. The second kappa shape index (κ2) is 8.13. The maximum Gasteiger partial charge on any atom is 0.251 e. The van der Waals surface area contributed by atoms with Crippen molar-refractivity contribution in [2.45, 2.75) is 58.8 Å². The third kappa shape index (κ3) is 5.79. The molecule has 1 saturated heterocycles. The predicted octanol–water partition coefficient (Wildman–Crippen LogP) is 2.82. The van der Waals surface area contributed by atoms with Gasteiger partial charge < -0.3 is 10.6 Å². The first-order valence-corrected chi connectivity index (χ1v) is 8.14. The Bertz CT molecular complexity index is 517. The zero-order valence-electron chi connectivity index (χ0n) is 14.8. The molecule has 23 heavy (non-hydrogen) atoms. The lowest BCUT2D eigenvalue weighted by molar-refractivity contribution is 0.0918. The Kier molecular flexibility index (Phi) is 7.05. The molecule has 2 atom stereocenters. The number of carbonyl (C=O) groups excluding carboxylic acids is 1. The minimum absolute atomic E-state index is 0. The van der Waals surface area contributed by atoms with Crippen LogP contribution < -0.4 is 10.6 Å². The standard InChI is InChI=1S/C18H29N3O.ClH/c1-13-10-19-11-14(2)21(13)12-15-7-6-8-16(9-15)17(22)20-18(3,4)5;/h6-9,13-14,19H,10-12H2,1-5H3,(H,20,22);1H/t13-,14+;. The Hall–Kier alpha value is -1.10. The van der Waals surface area contributed by atoms with Crippen LogP contribution in [0.5, 0.6) is 0 Å². The molecule has 4 nitrogen and oxygen atoms in total. The highest BCUT2D eigenvalue weighted by Crippen LogP contribution is 2.16. The number of nitrogens with zero attached hydrogens (tertiary/aromatic N) is 1. The summed E-state index contributed by atoms with van der Waals surface area (Å²) in [4.78, 5) is 14.8. The van der Waals surface area contributed by atoms with Crippen LogP contribution in [0.4, 0.5) is 0 Å². The van der Waals surface area contributed by atoms with Crippen LogP contribution in [0.15, 0.2) is 24.3 Å². The van der Waals surface area contributed by atoms with Gasteiger partial charge in [-0.05, 0) is 52.3 Å². The summed E-state index contributed by atoms with van der Waals surface area (Å²) < 4.78 is 0. The molecule has 1 aromatic rings. The maximum absolute atomic E-state index is 12.3. The van der Waals surface area contributed by atoms with Gasteiger partial charge in [-0.3, -0.25) is 9.69 Å². The zero-order valence-corrected chi connectivity index (χ0v) is 15.7. The van der Waals surface area contributed by atoms with Crippen LogP contribution >= 0.6 is 12.4 Å². The Labute approximate surface area is 146 Å². The molecule has 0 spiro atoms. The van der Waals surface area contributed by atoms with Gasteiger partial charge in [-0.2, -0.15) is 0 Å². The molecule has 1 fully saturated rings. The topological polar surface area (TPSA) is 44.4 Å². The van der Waals surface area contributed by atoms with E-state index in [9.17, 15) is 4.79 Å². The minimum atomic E-state index is -0.214. The second-order valence-electron chi connectivity index (χ2n) is 7.43. The van der Waals surface area contributed by atoms with Gasteiger partial charge in [-0.15, -0.1) is 12.4 Å². The number of hydrogen-bond acceptors (Lipinski definition) is 3. The average molecular weight is 340 g/mol. The van der Waals surface area contributed by atoms with E-state index < -0.39 is 0 Å². The molecule has 1 heterocycles. The van der Waals surface area contributed by atoms with E-state index in [0.29, 0.717) is 12.1 Å². The van der Waals surface area contributed by atoms with Gasteiger partial charge in [0.2, 0.25) is 0 Å². The van der Waals surface area contributed by atoms with Gasteiger partial charge in [0.15, 0.2) is 0 Å². The number of nitrogens with one attached hydrogen (secondary N) is 2. The summed E-state index contributed by atoms with van der Waals surface area (Å²) in [6.07, 6.45) is 0. The van der Waals surface area contributed by atoms with Gasteiger partial charge in [0, 0.05) is 42.8 Å². The van der Waals surface area contributed by atoms with Crippen LogP contribution in [0, 0.1) is 0 Å². The first kappa shape index (κ1) is 19.9. The monoisotopic (exact) mass is 339 g/mol. The highest BCUT2D eigenvalue weighted by atomic mass is 35.5. The molecule has 2 rings (SSSR count). The normalized spacial score (nSPS) is 22.3. The van der Waals surface area contributed by atoms with E-state index in [2.05, 4.69) is 35.4 Å². The molecule has 1 aromatic carbocycles. The van der Waals surface area contributed by atoms with Gasteiger partial charge >= 0.3 is 0 Å². The molecule has 1 aliphatic rings. The Morgan fingerprint density at radius 2 is 1.87 bits per heavy atom. The number of halogens is 1. The van der Waals surface area contributed by atoms with Crippen molar-refractivity contribution in [2.24, 2.45) is 0 Å². The van der Waals surface area contributed by atoms with Crippen molar-refractivity contribution in [2.75, 3.05) is 13.1 Å². The summed E-state index contributed by atoms with van der Waals surface area (Å²) >= 11 is 0. The number of carbonyl (C=O) groups is 1. The van der Waals surface area contributed by atoms with E-state index in [1.165, 1.54) is 5.56 Å². The summed E-state index contributed by atoms with van der Waals surface area (Å²) in [5.74, 6) is -0.00393. The Balaban J connectivity index is 0.00000264. The lowest BCUT2D eigenvalue weighted by Gasteiger charge is -2.39. The Morgan fingerprint density at radius 3 is 2.43 bits per heavy atom. The molecule has 0 saturated carbocycles. The molecule has 1 amide bonds. The summed E-state index contributed by atoms with van der Waals surface area (Å²) in [5.41, 5.74) is 1.72. The van der Waals surface area contributed by atoms with Crippen LogP contribution in [0.3, 0.4) is 0 Å². The van der Waals surface area contributed by atoms with E-state index in [4.69, 9.17) is 0 Å². The second-order valence-corrected chi connectivity index (χ2v) is 7.43. The zero-order chi connectivity index (χ0) is 16.3. The van der Waals surface area contributed by atoms with Crippen molar-refractivity contribution in [3.8, 4) is 0 Å². The third-order valence-electron chi connectivity index (χ3n) is 4.05. The summed E-state index contributed by atoms with van der Waals surface area (Å²) in [6.45, 7) is 13.4. The van der Waals surface area contributed by atoms with E-state index >= 15 is 0 Å². The molecule has 0 aliphatic carbocycles. The van der Waals surface area contributed by atoms with Crippen molar-refractivity contribution in [3.63, 3.8) is 0 Å². The van der Waals surface area contributed by atoms with E-state index in [-0.39, 0.29) is 23.9 Å². The lowest BCUT2D eigenvalue weighted by atomic mass is 10.0. The third-order valence-corrected chi connectivity index (χ3v) is 4.05. The van der Waals surface area contributed by atoms with Crippen molar-refractivity contribution < 1.29 is 4.79 Å². The highest BCUT2D eigenvalue weighted by molar-refractivity contribution is 5.94. The fourth-order valence-corrected chi connectivity index (χ4v) is 2.92. The summed E-state index contributed by atoms with van der Waals surface area (Å²) in [6, 6.07) is 9.00. The number of rotatable bonds is 3. The quantitative estimate of drug-likeness (QED) is 0.890. The fourth-order valence-electron chi connectivity index (χ4n) is 2.92. The molecule has 0 radical (unpaired) electrons. The SMILES string of the molecule is C[C@@H]1CNC[C@H](C)N1Cc1cccc(C(=O)NC(C)(C)C)c1.Cl. The average Bonchev–Trinajstić information content (AvgIpc) is 2.41.